The van der Waals surface area contributed by atoms with Crippen LogP contribution in [-0.2, 0) is 11.3 Å². The molecule has 0 bridgehead atoms. The van der Waals surface area contributed by atoms with Gasteiger partial charge >= 0.3 is 0 Å². The van der Waals surface area contributed by atoms with Crippen molar-refractivity contribution in [3.8, 4) is 17.2 Å². The van der Waals surface area contributed by atoms with Crippen LogP contribution in [0.1, 0.15) is 25.8 Å². The number of benzene rings is 2. The molecule has 0 unspecified atom stereocenters. The summed E-state index contributed by atoms with van der Waals surface area (Å²) in [5.74, 6) is 1.93. The average molecular weight is 343 g/mol. The van der Waals surface area contributed by atoms with Crippen LogP contribution in [0.15, 0.2) is 48.5 Å². The third-order valence-electron chi connectivity index (χ3n) is 3.71. The molecule has 0 aliphatic carbocycles. The Kier molecular flexibility index (Phi) is 7.14. The maximum absolute atomic E-state index is 12.5. The number of rotatable bonds is 9. The quantitative estimate of drug-likeness (QED) is 0.756. The number of ether oxygens (including phenoxy) is 3. The van der Waals surface area contributed by atoms with Gasteiger partial charge < -0.3 is 19.5 Å². The highest BCUT2D eigenvalue weighted by molar-refractivity contribution is 5.81. The summed E-state index contributed by atoms with van der Waals surface area (Å²) in [6, 6.07) is 14.9. The first-order valence-corrected chi connectivity index (χ1v) is 8.47. The number of amides is 1. The summed E-state index contributed by atoms with van der Waals surface area (Å²) in [4.78, 5) is 12.5. The molecule has 25 heavy (non-hydrogen) atoms. The lowest BCUT2D eigenvalue weighted by molar-refractivity contribution is -0.128. The molecule has 0 saturated heterocycles. The highest BCUT2D eigenvalue weighted by atomic mass is 16.5. The third-order valence-corrected chi connectivity index (χ3v) is 3.71. The van der Waals surface area contributed by atoms with Crippen LogP contribution < -0.4 is 19.5 Å². The minimum absolute atomic E-state index is 0.156. The van der Waals surface area contributed by atoms with Gasteiger partial charge in [-0.15, -0.1) is 0 Å². The number of nitrogens with one attached hydrogen (secondary N) is 1. The second kappa shape index (κ2) is 9.57. The number of hydrogen-bond donors (Lipinski definition) is 1. The van der Waals surface area contributed by atoms with Crippen molar-refractivity contribution in [1.29, 1.82) is 0 Å². The molecule has 0 aliphatic rings. The molecule has 1 atom stereocenters. The van der Waals surface area contributed by atoms with Crippen molar-refractivity contribution >= 4 is 5.91 Å². The topological polar surface area (TPSA) is 56.8 Å². The van der Waals surface area contributed by atoms with E-state index in [1.807, 2.05) is 56.3 Å². The summed E-state index contributed by atoms with van der Waals surface area (Å²) in [7, 11) is 1.60. The maximum Gasteiger partial charge on any atom is 0.261 e. The average Bonchev–Trinajstić information content (AvgIpc) is 2.65. The lowest BCUT2D eigenvalue weighted by Gasteiger charge is -2.18. The van der Waals surface area contributed by atoms with Crippen molar-refractivity contribution < 1.29 is 19.0 Å². The van der Waals surface area contributed by atoms with Crippen LogP contribution in [0.2, 0.25) is 0 Å². The number of carbonyl (C=O) groups excluding carboxylic acids is 1. The van der Waals surface area contributed by atoms with Crippen molar-refractivity contribution in [2.75, 3.05) is 13.7 Å². The van der Waals surface area contributed by atoms with E-state index >= 15 is 0 Å². The van der Waals surface area contributed by atoms with Crippen LogP contribution >= 0.6 is 0 Å². The Bertz CT molecular complexity index is 687. The third kappa shape index (κ3) is 5.41. The van der Waals surface area contributed by atoms with Crippen molar-refractivity contribution in [3.63, 3.8) is 0 Å². The van der Waals surface area contributed by atoms with Crippen molar-refractivity contribution in [3.05, 3.63) is 54.1 Å². The summed E-state index contributed by atoms with van der Waals surface area (Å²) in [6.45, 7) is 4.83. The van der Waals surface area contributed by atoms with Crippen LogP contribution in [0.5, 0.6) is 17.2 Å². The zero-order valence-corrected chi connectivity index (χ0v) is 15.0. The SMILES string of the molecule is CCOc1ccccc1CNC(=O)[C@@H](CC)Oc1cccc(OC)c1. The van der Waals surface area contributed by atoms with E-state index in [2.05, 4.69) is 5.32 Å². The molecule has 0 heterocycles. The van der Waals surface area contributed by atoms with Gasteiger partial charge in [-0.3, -0.25) is 4.79 Å². The zero-order chi connectivity index (χ0) is 18.1. The van der Waals surface area contributed by atoms with Crippen molar-refractivity contribution in [2.24, 2.45) is 0 Å². The second-order valence-corrected chi connectivity index (χ2v) is 5.45. The summed E-state index contributed by atoms with van der Waals surface area (Å²) in [5.41, 5.74) is 0.939. The molecule has 2 rings (SSSR count). The standard InChI is InChI=1S/C20H25NO4/c1-4-18(25-17-11-8-10-16(13-17)23-3)20(22)21-14-15-9-6-7-12-19(15)24-5-2/h6-13,18H,4-5,14H2,1-3H3,(H,21,22)/t18-/m1/s1. The van der Waals surface area contributed by atoms with Gasteiger partial charge in [-0.2, -0.15) is 0 Å². The van der Waals surface area contributed by atoms with E-state index in [0.29, 0.717) is 31.1 Å². The Balaban J connectivity index is 1.98. The van der Waals surface area contributed by atoms with Gasteiger partial charge in [0.05, 0.1) is 13.7 Å². The molecule has 5 nitrogen and oxygen atoms in total. The minimum Gasteiger partial charge on any atom is -0.497 e. The zero-order valence-electron chi connectivity index (χ0n) is 15.0. The highest BCUT2D eigenvalue weighted by Gasteiger charge is 2.18. The molecule has 5 heteroatoms. The molecular formula is C20H25NO4. The largest absolute Gasteiger partial charge is 0.497 e. The van der Waals surface area contributed by atoms with E-state index in [4.69, 9.17) is 14.2 Å². The molecule has 2 aromatic rings. The molecule has 134 valence electrons. The predicted octanol–water partition coefficient (Wildman–Crippen LogP) is 3.57. The number of carbonyl (C=O) groups is 1. The fourth-order valence-corrected chi connectivity index (χ4v) is 2.40. The van der Waals surface area contributed by atoms with Gasteiger partial charge in [0.25, 0.3) is 5.91 Å². The van der Waals surface area contributed by atoms with E-state index < -0.39 is 6.10 Å². The van der Waals surface area contributed by atoms with Crippen LogP contribution in [0.3, 0.4) is 0 Å². The second-order valence-electron chi connectivity index (χ2n) is 5.45. The Hall–Kier alpha value is -2.69. The number of methoxy groups -OCH3 is 1. The monoisotopic (exact) mass is 343 g/mol. The first-order chi connectivity index (χ1) is 12.2. The van der Waals surface area contributed by atoms with Gasteiger partial charge in [0, 0.05) is 18.2 Å². The summed E-state index contributed by atoms with van der Waals surface area (Å²) < 4.78 is 16.6. The Morgan fingerprint density at radius 3 is 2.56 bits per heavy atom. The van der Waals surface area contributed by atoms with Gasteiger partial charge in [-0.25, -0.2) is 0 Å². The predicted molar refractivity (Wildman–Crippen MR) is 97.2 cm³/mol. The fourth-order valence-electron chi connectivity index (χ4n) is 2.40. The Morgan fingerprint density at radius 1 is 1.08 bits per heavy atom. The summed E-state index contributed by atoms with van der Waals surface area (Å²) in [5, 5.41) is 2.92. The molecule has 0 aromatic heterocycles. The molecule has 0 saturated carbocycles. The van der Waals surface area contributed by atoms with E-state index in [-0.39, 0.29) is 5.91 Å². The smallest absolute Gasteiger partial charge is 0.261 e. The van der Waals surface area contributed by atoms with E-state index in [0.717, 1.165) is 11.3 Å². The summed E-state index contributed by atoms with van der Waals surface area (Å²) >= 11 is 0. The van der Waals surface area contributed by atoms with Crippen LogP contribution in [0, 0.1) is 0 Å². The molecular weight excluding hydrogens is 318 g/mol. The first-order valence-electron chi connectivity index (χ1n) is 8.47. The number of hydrogen-bond acceptors (Lipinski definition) is 4. The Labute approximate surface area is 148 Å². The van der Waals surface area contributed by atoms with Gasteiger partial charge in [-0.05, 0) is 31.5 Å². The molecule has 0 spiro atoms. The maximum atomic E-state index is 12.5. The molecule has 0 aliphatic heterocycles. The number of para-hydroxylation sites is 1. The van der Waals surface area contributed by atoms with Crippen LogP contribution in [-0.4, -0.2) is 25.7 Å². The van der Waals surface area contributed by atoms with Crippen molar-refractivity contribution in [2.45, 2.75) is 32.9 Å². The van der Waals surface area contributed by atoms with E-state index in [1.54, 1.807) is 13.2 Å². The van der Waals surface area contributed by atoms with Gasteiger partial charge in [0.2, 0.25) is 0 Å². The first kappa shape index (κ1) is 18.6. The van der Waals surface area contributed by atoms with Gasteiger partial charge in [0.15, 0.2) is 6.10 Å². The lowest BCUT2D eigenvalue weighted by atomic mass is 10.2. The van der Waals surface area contributed by atoms with Gasteiger partial charge in [-0.1, -0.05) is 31.2 Å². The lowest BCUT2D eigenvalue weighted by Crippen LogP contribution is -2.37. The molecule has 0 radical (unpaired) electrons. The fraction of sp³-hybridized carbons (Fsp3) is 0.350. The van der Waals surface area contributed by atoms with E-state index in [1.165, 1.54) is 0 Å². The van der Waals surface area contributed by atoms with Gasteiger partial charge in [0.1, 0.15) is 17.2 Å². The normalized spacial score (nSPS) is 11.5. The molecule has 2 aromatic carbocycles. The molecule has 0 fully saturated rings. The van der Waals surface area contributed by atoms with Crippen molar-refractivity contribution in [1.82, 2.24) is 5.32 Å². The Morgan fingerprint density at radius 2 is 1.84 bits per heavy atom. The van der Waals surface area contributed by atoms with Crippen LogP contribution in [0.25, 0.3) is 0 Å². The molecule has 1 amide bonds. The minimum atomic E-state index is -0.564. The van der Waals surface area contributed by atoms with E-state index in [9.17, 15) is 4.79 Å². The summed E-state index contributed by atoms with van der Waals surface area (Å²) in [6.07, 6.45) is 0.00207. The van der Waals surface area contributed by atoms with Crippen LogP contribution in [0.4, 0.5) is 0 Å². The highest BCUT2D eigenvalue weighted by Crippen LogP contribution is 2.21. The molecule has 1 N–H and O–H groups in total.